The lowest BCUT2D eigenvalue weighted by atomic mass is 10.1. The van der Waals surface area contributed by atoms with Crippen LogP contribution < -0.4 is 5.32 Å². The number of halogens is 3. The zero-order valence-electron chi connectivity index (χ0n) is 14.8. The second-order valence-electron chi connectivity index (χ2n) is 7.30. The van der Waals surface area contributed by atoms with Gasteiger partial charge in [-0.05, 0) is 65.4 Å². The van der Waals surface area contributed by atoms with Gasteiger partial charge in [-0.1, -0.05) is 0 Å². The van der Waals surface area contributed by atoms with Crippen molar-refractivity contribution in [2.45, 2.75) is 25.7 Å². The lowest BCUT2D eigenvalue weighted by molar-refractivity contribution is 0.102. The number of anilines is 1. The molecule has 0 unspecified atom stereocenters. The van der Waals surface area contributed by atoms with Crippen molar-refractivity contribution in [3.8, 4) is 5.69 Å². The normalized spacial score (nSPS) is 19.3. The second-order valence-corrected chi connectivity index (χ2v) is 8.22. The van der Waals surface area contributed by atoms with E-state index in [0.29, 0.717) is 11.7 Å². The number of carbonyl (C=O) groups excluding carboxylic acids is 1. The number of fused-ring (bicyclic) bond motifs is 3. The lowest BCUT2D eigenvalue weighted by Crippen LogP contribution is -2.16. The Morgan fingerprint density at radius 2 is 2.14 bits per heavy atom. The summed E-state index contributed by atoms with van der Waals surface area (Å²) >= 11 is 3.35. The number of hydrogen-bond donors (Lipinski definition) is 1. The zero-order valence-corrected chi connectivity index (χ0v) is 16.4. The van der Waals surface area contributed by atoms with E-state index in [9.17, 15) is 13.6 Å². The predicted molar refractivity (Wildman–Crippen MR) is 103 cm³/mol. The van der Waals surface area contributed by atoms with Crippen LogP contribution in [0.25, 0.3) is 5.69 Å². The van der Waals surface area contributed by atoms with Crippen LogP contribution in [0.1, 0.15) is 39.6 Å². The Hall–Kier alpha value is -2.61. The Balaban J connectivity index is 1.56. The molecular formula is C20H15BrF2N4O. The van der Waals surface area contributed by atoms with Gasteiger partial charge in [-0.15, -0.1) is 0 Å². The Labute approximate surface area is 167 Å². The molecule has 1 aromatic carbocycles. The minimum Gasteiger partial charge on any atom is -0.305 e. The highest BCUT2D eigenvalue weighted by Gasteiger charge is 2.50. The van der Waals surface area contributed by atoms with Gasteiger partial charge >= 0.3 is 0 Å². The Bertz CT molecular complexity index is 1140. The summed E-state index contributed by atoms with van der Waals surface area (Å²) in [6, 6.07) is 5.24. The number of hydrogen-bond acceptors (Lipinski definition) is 3. The van der Waals surface area contributed by atoms with Crippen molar-refractivity contribution >= 4 is 27.7 Å². The fourth-order valence-corrected chi connectivity index (χ4v) is 4.42. The van der Waals surface area contributed by atoms with E-state index in [-0.39, 0.29) is 23.2 Å². The summed E-state index contributed by atoms with van der Waals surface area (Å²) in [6.07, 6.45) is 3.36. The molecule has 3 aromatic rings. The van der Waals surface area contributed by atoms with Crippen molar-refractivity contribution in [1.29, 1.82) is 0 Å². The van der Waals surface area contributed by atoms with E-state index in [2.05, 4.69) is 31.3 Å². The summed E-state index contributed by atoms with van der Waals surface area (Å²) in [5.74, 6) is -0.525. The number of aromatic nitrogens is 3. The molecule has 1 fully saturated rings. The van der Waals surface area contributed by atoms with Crippen LogP contribution in [0.5, 0.6) is 0 Å². The molecule has 0 radical (unpaired) electrons. The third-order valence-electron chi connectivity index (χ3n) is 5.39. The molecule has 2 aromatic heterocycles. The van der Waals surface area contributed by atoms with Crippen molar-refractivity contribution in [1.82, 2.24) is 14.8 Å². The Morgan fingerprint density at radius 1 is 1.32 bits per heavy atom. The number of rotatable bonds is 3. The summed E-state index contributed by atoms with van der Waals surface area (Å²) in [4.78, 5) is 17.2. The van der Waals surface area contributed by atoms with Crippen LogP contribution in [0, 0.1) is 24.5 Å². The van der Waals surface area contributed by atoms with Crippen molar-refractivity contribution in [3.63, 3.8) is 0 Å². The van der Waals surface area contributed by atoms with Crippen molar-refractivity contribution < 1.29 is 13.6 Å². The lowest BCUT2D eigenvalue weighted by Gasteiger charge is -2.08. The summed E-state index contributed by atoms with van der Waals surface area (Å²) in [7, 11) is 0. The zero-order chi connectivity index (χ0) is 19.6. The van der Waals surface area contributed by atoms with Crippen LogP contribution >= 0.6 is 15.9 Å². The first-order chi connectivity index (χ1) is 13.4. The maximum absolute atomic E-state index is 14.4. The molecule has 0 bridgehead atoms. The second kappa shape index (κ2) is 6.20. The monoisotopic (exact) mass is 444 g/mol. The van der Waals surface area contributed by atoms with Crippen LogP contribution in [0.4, 0.5) is 14.6 Å². The maximum Gasteiger partial charge on any atom is 0.277 e. The number of nitrogens with zero attached hydrogens (tertiary/aromatic N) is 3. The van der Waals surface area contributed by atoms with Gasteiger partial charge in [0, 0.05) is 28.2 Å². The molecule has 142 valence electrons. The Morgan fingerprint density at radius 3 is 2.89 bits per heavy atom. The number of pyridine rings is 1. The van der Waals surface area contributed by atoms with Gasteiger partial charge in [0.15, 0.2) is 11.5 Å². The SMILES string of the molecule is Cc1cc(Br)cnc1NC(=O)c1nn(-c2ccc(F)cc2F)c2c1C[C@H]1C[C@@H]21. The van der Waals surface area contributed by atoms with E-state index in [4.69, 9.17) is 0 Å². The van der Waals surface area contributed by atoms with Gasteiger partial charge in [-0.2, -0.15) is 5.10 Å². The average Bonchev–Trinajstić information content (AvgIpc) is 3.14. The van der Waals surface area contributed by atoms with Crippen molar-refractivity contribution in [2.75, 3.05) is 5.32 Å². The molecule has 28 heavy (non-hydrogen) atoms. The smallest absolute Gasteiger partial charge is 0.277 e. The van der Waals surface area contributed by atoms with Gasteiger partial charge in [-0.3, -0.25) is 4.79 Å². The maximum atomic E-state index is 14.4. The molecule has 1 amide bonds. The van der Waals surface area contributed by atoms with E-state index in [1.807, 2.05) is 13.0 Å². The fraction of sp³-hybridized carbons (Fsp3) is 0.250. The Kier molecular flexibility index (Phi) is 3.87. The number of aryl methyl sites for hydroxylation is 1. The summed E-state index contributed by atoms with van der Waals surface area (Å²) < 4.78 is 30.0. The highest BCUT2D eigenvalue weighted by atomic mass is 79.9. The topological polar surface area (TPSA) is 59.8 Å². The first-order valence-corrected chi connectivity index (χ1v) is 9.72. The molecule has 2 atom stereocenters. The third kappa shape index (κ3) is 2.74. The molecule has 8 heteroatoms. The molecule has 2 heterocycles. The van der Waals surface area contributed by atoms with Crippen LogP contribution in [-0.2, 0) is 6.42 Å². The molecule has 1 N–H and O–H groups in total. The first-order valence-electron chi connectivity index (χ1n) is 8.93. The van der Waals surface area contributed by atoms with Crippen molar-refractivity contribution in [2.24, 2.45) is 5.92 Å². The first kappa shape index (κ1) is 17.5. The van der Waals surface area contributed by atoms with Gasteiger partial charge < -0.3 is 5.32 Å². The average molecular weight is 445 g/mol. The number of carbonyl (C=O) groups is 1. The number of amides is 1. The van der Waals surface area contributed by atoms with E-state index in [1.54, 1.807) is 6.20 Å². The van der Waals surface area contributed by atoms with Gasteiger partial charge in [0.25, 0.3) is 5.91 Å². The predicted octanol–water partition coefficient (Wildman–Crippen LogP) is 4.53. The minimum absolute atomic E-state index is 0.155. The van der Waals surface area contributed by atoms with Gasteiger partial charge in [0.2, 0.25) is 0 Å². The van der Waals surface area contributed by atoms with Crippen LogP contribution in [0.15, 0.2) is 34.9 Å². The quantitative estimate of drug-likeness (QED) is 0.645. The number of nitrogens with one attached hydrogen (secondary N) is 1. The van der Waals surface area contributed by atoms with E-state index in [1.165, 1.54) is 16.8 Å². The van der Waals surface area contributed by atoms with Gasteiger partial charge in [0.1, 0.15) is 17.3 Å². The largest absolute Gasteiger partial charge is 0.305 e. The van der Waals surface area contributed by atoms with Crippen molar-refractivity contribution in [3.05, 3.63) is 69.1 Å². The van der Waals surface area contributed by atoms with Crippen LogP contribution in [0.3, 0.4) is 0 Å². The molecule has 0 saturated heterocycles. The molecule has 5 rings (SSSR count). The molecule has 1 saturated carbocycles. The third-order valence-corrected chi connectivity index (χ3v) is 5.83. The molecule has 0 spiro atoms. The summed E-state index contributed by atoms with van der Waals surface area (Å²) in [5, 5.41) is 7.22. The molecule has 2 aliphatic rings. The van der Waals surface area contributed by atoms with Gasteiger partial charge in [0.05, 0.1) is 5.69 Å². The van der Waals surface area contributed by atoms with Crippen LogP contribution in [-0.4, -0.2) is 20.7 Å². The van der Waals surface area contributed by atoms with Gasteiger partial charge in [-0.25, -0.2) is 18.4 Å². The van der Waals surface area contributed by atoms with Crippen LogP contribution in [0.2, 0.25) is 0 Å². The highest BCUT2D eigenvalue weighted by molar-refractivity contribution is 9.10. The number of benzene rings is 1. The molecule has 0 aliphatic heterocycles. The minimum atomic E-state index is -0.702. The summed E-state index contributed by atoms with van der Waals surface area (Å²) in [5.41, 5.74) is 2.95. The van der Waals surface area contributed by atoms with E-state index in [0.717, 1.165) is 40.2 Å². The highest BCUT2D eigenvalue weighted by Crippen LogP contribution is 2.57. The molecule has 2 aliphatic carbocycles. The fourth-order valence-electron chi connectivity index (χ4n) is 3.97. The van der Waals surface area contributed by atoms with E-state index >= 15 is 0 Å². The standard InChI is InChI=1S/C20H15BrF2N4O/c1-9-4-11(21)8-24-19(9)25-20(28)17-14-6-10-5-13(10)18(14)27(26-17)16-3-2-12(22)7-15(16)23/h2-4,7-8,10,13H,5-6H2,1H3,(H,24,25,28)/t10-,13-/m1/s1. The molecule has 5 nitrogen and oxygen atoms in total. The van der Waals surface area contributed by atoms with E-state index < -0.39 is 11.6 Å². The molecular weight excluding hydrogens is 430 g/mol. The summed E-state index contributed by atoms with van der Waals surface area (Å²) in [6.45, 7) is 1.85.